The van der Waals surface area contributed by atoms with E-state index in [0.29, 0.717) is 5.92 Å². The van der Waals surface area contributed by atoms with Crippen LogP contribution < -0.4 is 5.32 Å². The van der Waals surface area contributed by atoms with E-state index in [1.165, 1.54) is 4.90 Å². The standard InChI is InChI=1S/C16H23NO2S/c1-12(10-20-14-6-4-3-5-7-14)15(19)17-16(2,11-18)13-8-9-13/h3-7,12-13,18H,8-11H2,1-2H3,(H,17,19). The summed E-state index contributed by atoms with van der Waals surface area (Å²) >= 11 is 1.69. The van der Waals surface area contributed by atoms with E-state index < -0.39 is 5.54 Å². The molecular formula is C16H23NO2S. The molecule has 2 unspecified atom stereocenters. The summed E-state index contributed by atoms with van der Waals surface area (Å²) in [7, 11) is 0. The summed E-state index contributed by atoms with van der Waals surface area (Å²) < 4.78 is 0. The molecule has 4 heteroatoms. The summed E-state index contributed by atoms with van der Waals surface area (Å²) in [4.78, 5) is 13.4. The minimum atomic E-state index is -0.442. The van der Waals surface area contributed by atoms with Gasteiger partial charge in [-0.05, 0) is 37.8 Å². The van der Waals surface area contributed by atoms with Crippen LogP contribution in [0.5, 0.6) is 0 Å². The number of rotatable bonds is 7. The van der Waals surface area contributed by atoms with Crippen LogP contribution in [0.3, 0.4) is 0 Å². The zero-order valence-electron chi connectivity index (χ0n) is 12.1. The van der Waals surface area contributed by atoms with Gasteiger partial charge in [-0.15, -0.1) is 11.8 Å². The first-order valence-electron chi connectivity index (χ1n) is 7.16. The second-order valence-corrected chi connectivity index (χ2v) is 6.96. The number of aliphatic hydroxyl groups is 1. The molecule has 1 aliphatic carbocycles. The molecule has 1 amide bonds. The van der Waals surface area contributed by atoms with Crippen LogP contribution in [-0.2, 0) is 4.79 Å². The molecule has 0 bridgehead atoms. The molecule has 1 aromatic carbocycles. The summed E-state index contributed by atoms with van der Waals surface area (Å²) in [5, 5.41) is 12.6. The second-order valence-electron chi connectivity index (χ2n) is 5.86. The van der Waals surface area contributed by atoms with E-state index in [1.807, 2.05) is 32.0 Å². The van der Waals surface area contributed by atoms with Crippen molar-refractivity contribution in [2.75, 3.05) is 12.4 Å². The number of thioether (sulfide) groups is 1. The molecule has 2 rings (SSSR count). The molecule has 0 radical (unpaired) electrons. The predicted molar refractivity (Wildman–Crippen MR) is 82.7 cm³/mol. The van der Waals surface area contributed by atoms with Crippen LogP contribution in [0.2, 0.25) is 0 Å². The Morgan fingerprint density at radius 2 is 2.10 bits per heavy atom. The van der Waals surface area contributed by atoms with E-state index in [2.05, 4.69) is 17.4 Å². The lowest BCUT2D eigenvalue weighted by Gasteiger charge is -2.30. The highest BCUT2D eigenvalue weighted by atomic mass is 32.2. The molecule has 1 aliphatic rings. The first kappa shape index (κ1) is 15.4. The number of carbonyl (C=O) groups excluding carboxylic acids is 1. The minimum Gasteiger partial charge on any atom is -0.394 e. The van der Waals surface area contributed by atoms with Gasteiger partial charge in [0.1, 0.15) is 0 Å². The maximum Gasteiger partial charge on any atom is 0.224 e. The average molecular weight is 293 g/mol. The van der Waals surface area contributed by atoms with Gasteiger partial charge in [-0.1, -0.05) is 25.1 Å². The van der Waals surface area contributed by atoms with Crippen molar-refractivity contribution in [3.8, 4) is 0 Å². The molecule has 2 N–H and O–H groups in total. The van der Waals surface area contributed by atoms with E-state index in [4.69, 9.17) is 0 Å². The summed E-state index contributed by atoms with van der Waals surface area (Å²) in [5.74, 6) is 1.16. The van der Waals surface area contributed by atoms with Crippen molar-refractivity contribution in [3.63, 3.8) is 0 Å². The van der Waals surface area contributed by atoms with Gasteiger partial charge in [-0.3, -0.25) is 4.79 Å². The first-order chi connectivity index (χ1) is 9.55. The van der Waals surface area contributed by atoms with Crippen LogP contribution in [-0.4, -0.2) is 28.9 Å². The molecule has 0 aromatic heterocycles. The van der Waals surface area contributed by atoms with Crippen molar-refractivity contribution < 1.29 is 9.90 Å². The predicted octanol–water partition coefficient (Wildman–Crippen LogP) is 2.69. The van der Waals surface area contributed by atoms with E-state index in [0.717, 1.165) is 18.6 Å². The lowest BCUT2D eigenvalue weighted by molar-refractivity contribution is -0.126. The van der Waals surface area contributed by atoms with Gasteiger partial charge in [-0.2, -0.15) is 0 Å². The highest BCUT2D eigenvalue weighted by molar-refractivity contribution is 7.99. The Morgan fingerprint density at radius 3 is 2.65 bits per heavy atom. The number of amides is 1. The molecule has 0 saturated heterocycles. The fourth-order valence-corrected chi connectivity index (χ4v) is 3.15. The lowest BCUT2D eigenvalue weighted by atomic mass is 9.96. The third-order valence-corrected chi connectivity index (χ3v) is 5.18. The molecule has 3 nitrogen and oxygen atoms in total. The van der Waals surface area contributed by atoms with Crippen LogP contribution in [0.1, 0.15) is 26.7 Å². The van der Waals surface area contributed by atoms with Gasteiger partial charge < -0.3 is 10.4 Å². The minimum absolute atomic E-state index is 0.0158. The van der Waals surface area contributed by atoms with Crippen molar-refractivity contribution in [1.82, 2.24) is 5.32 Å². The molecule has 110 valence electrons. The number of hydrogen-bond donors (Lipinski definition) is 2. The van der Waals surface area contributed by atoms with Crippen molar-refractivity contribution in [3.05, 3.63) is 30.3 Å². The summed E-state index contributed by atoms with van der Waals surface area (Å²) in [5.41, 5.74) is -0.442. The fraction of sp³-hybridized carbons (Fsp3) is 0.562. The zero-order valence-corrected chi connectivity index (χ0v) is 13.0. The Kier molecular flexibility index (Phi) is 5.11. The number of hydrogen-bond acceptors (Lipinski definition) is 3. The molecule has 1 fully saturated rings. The zero-order chi connectivity index (χ0) is 14.6. The van der Waals surface area contributed by atoms with Crippen molar-refractivity contribution in [1.29, 1.82) is 0 Å². The molecule has 1 saturated carbocycles. The largest absolute Gasteiger partial charge is 0.394 e. The van der Waals surface area contributed by atoms with Gasteiger partial charge in [0, 0.05) is 16.6 Å². The summed E-state index contributed by atoms with van der Waals surface area (Å²) in [6.45, 7) is 3.90. The monoisotopic (exact) mass is 293 g/mol. The maximum atomic E-state index is 12.2. The third kappa shape index (κ3) is 4.00. The van der Waals surface area contributed by atoms with Crippen molar-refractivity contribution >= 4 is 17.7 Å². The maximum absolute atomic E-state index is 12.2. The number of benzene rings is 1. The van der Waals surface area contributed by atoms with Crippen LogP contribution >= 0.6 is 11.8 Å². The quantitative estimate of drug-likeness (QED) is 0.760. The molecule has 20 heavy (non-hydrogen) atoms. The van der Waals surface area contributed by atoms with Gasteiger partial charge in [0.15, 0.2) is 0 Å². The highest BCUT2D eigenvalue weighted by Gasteiger charge is 2.42. The molecule has 0 heterocycles. The van der Waals surface area contributed by atoms with E-state index in [9.17, 15) is 9.90 Å². The molecule has 1 aromatic rings. The Balaban J connectivity index is 1.82. The Morgan fingerprint density at radius 1 is 1.45 bits per heavy atom. The Labute approximate surface area is 125 Å². The third-order valence-electron chi connectivity index (χ3n) is 3.91. The molecule has 0 aliphatic heterocycles. The van der Waals surface area contributed by atoms with Crippen LogP contribution in [0, 0.1) is 11.8 Å². The average Bonchev–Trinajstić information content (AvgIpc) is 3.30. The van der Waals surface area contributed by atoms with E-state index in [1.54, 1.807) is 11.8 Å². The summed E-state index contributed by atoms with van der Waals surface area (Å²) in [6.07, 6.45) is 2.20. The van der Waals surface area contributed by atoms with Gasteiger partial charge in [0.05, 0.1) is 12.1 Å². The molecular weight excluding hydrogens is 270 g/mol. The molecule has 2 atom stereocenters. The van der Waals surface area contributed by atoms with Gasteiger partial charge >= 0.3 is 0 Å². The second kappa shape index (κ2) is 6.64. The number of aliphatic hydroxyl groups excluding tert-OH is 1. The SMILES string of the molecule is CC(CSc1ccccc1)C(=O)NC(C)(CO)C1CC1. The Bertz CT molecular complexity index is 447. The fourth-order valence-electron chi connectivity index (χ4n) is 2.21. The topological polar surface area (TPSA) is 49.3 Å². The smallest absolute Gasteiger partial charge is 0.224 e. The van der Waals surface area contributed by atoms with E-state index in [-0.39, 0.29) is 18.4 Å². The van der Waals surface area contributed by atoms with Crippen LogP contribution in [0.4, 0.5) is 0 Å². The van der Waals surface area contributed by atoms with Gasteiger partial charge in [0.25, 0.3) is 0 Å². The van der Waals surface area contributed by atoms with Gasteiger partial charge in [-0.25, -0.2) is 0 Å². The lowest BCUT2D eigenvalue weighted by Crippen LogP contribution is -2.52. The highest BCUT2D eigenvalue weighted by Crippen LogP contribution is 2.39. The molecule has 0 spiro atoms. The van der Waals surface area contributed by atoms with Crippen LogP contribution in [0.15, 0.2) is 35.2 Å². The first-order valence-corrected chi connectivity index (χ1v) is 8.14. The van der Waals surface area contributed by atoms with Gasteiger partial charge in [0.2, 0.25) is 5.91 Å². The summed E-state index contributed by atoms with van der Waals surface area (Å²) in [6, 6.07) is 10.1. The number of nitrogens with one attached hydrogen (secondary N) is 1. The normalized spacial score (nSPS) is 19.1. The van der Waals surface area contributed by atoms with Crippen molar-refractivity contribution in [2.45, 2.75) is 37.1 Å². The van der Waals surface area contributed by atoms with Crippen molar-refractivity contribution in [2.24, 2.45) is 11.8 Å². The Hall–Kier alpha value is -1.00. The van der Waals surface area contributed by atoms with E-state index >= 15 is 0 Å². The van der Waals surface area contributed by atoms with Crippen LogP contribution in [0.25, 0.3) is 0 Å². The number of carbonyl (C=O) groups is 1.